The van der Waals surface area contributed by atoms with Gasteiger partial charge < -0.3 is 19.4 Å². The molecule has 0 spiro atoms. The minimum absolute atomic E-state index is 0.0734. The summed E-state index contributed by atoms with van der Waals surface area (Å²) in [7, 11) is 0. The molecule has 1 N–H and O–H groups in total. The third kappa shape index (κ3) is 8.38. The number of carbonyl (C=O) groups excluding carboxylic acids is 3. The van der Waals surface area contributed by atoms with Gasteiger partial charge in [0, 0.05) is 36.6 Å². The van der Waals surface area contributed by atoms with Crippen molar-refractivity contribution in [2.75, 3.05) is 6.54 Å². The van der Waals surface area contributed by atoms with Crippen LogP contribution in [0, 0.1) is 18.8 Å². The zero-order valence-corrected chi connectivity index (χ0v) is 27.7. The maximum Gasteiger partial charge on any atom is 0.514 e. The fourth-order valence-corrected chi connectivity index (χ4v) is 5.44. The minimum atomic E-state index is -0.746. The molecule has 0 saturated heterocycles. The SMILES string of the molecule is CCCc1nc2c(C)cc(C(=O)NCC(C(C)=O)C(C)C)cc2n1Cc1ccc(-c2ccccc2OC(=O)OC(C)(C)C)cc1. The van der Waals surface area contributed by atoms with Crippen LogP contribution in [0.3, 0.4) is 0 Å². The van der Waals surface area contributed by atoms with Gasteiger partial charge in [-0.15, -0.1) is 0 Å². The zero-order valence-electron chi connectivity index (χ0n) is 27.7. The first-order valence-electron chi connectivity index (χ1n) is 15.6. The van der Waals surface area contributed by atoms with E-state index in [1.807, 2.05) is 63.2 Å². The first-order valence-corrected chi connectivity index (χ1v) is 15.6. The Hall–Kier alpha value is -4.46. The van der Waals surface area contributed by atoms with E-state index < -0.39 is 11.8 Å². The molecule has 4 aromatic rings. The standard InChI is InChI=1S/C37H45N3O5/c1-9-12-33-39-34-24(4)19-28(35(42)38-21-30(23(2)3)25(5)41)20-31(34)40(33)22-26-15-17-27(18-16-26)29-13-10-11-14-32(29)44-36(43)45-37(6,7)8/h10-11,13-20,23,30H,9,12,21-22H2,1-8H3,(H,38,42). The van der Waals surface area contributed by atoms with E-state index in [1.165, 1.54) is 0 Å². The number of ketones is 1. The van der Waals surface area contributed by atoms with E-state index in [1.54, 1.807) is 33.8 Å². The van der Waals surface area contributed by atoms with E-state index in [-0.39, 0.29) is 23.5 Å². The number of amides is 1. The Balaban J connectivity index is 1.61. The lowest BCUT2D eigenvalue weighted by atomic mass is 9.92. The maximum atomic E-state index is 13.2. The Morgan fingerprint density at radius 2 is 1.69 bits per heavy atom. The van der Waals surface area contributed by atoms with E-state index in [2.05, 4.69) is 28.9 Å². The quantitative estimate of drug-likeness (QED) is 0.137. The molecule has 0 saturated carbocycles. The lowest BCUT2D eigenvalue weighted by Gasteiger charge is -2.19. The molecule has 1 aromatic heterocycles. The van der Waals surface area contributed by atoms with Crippen LogP contribution in [-0.2, 0) is 22.5 Å². The number of hydrogen-bond donors (Lipinski definition) is 1. The molecule has 3 aromatic carbocycles. The second-order valence-electron chi connectivity index (χ2n) is 13.0. The Bertz CT molecular complexity index is 1680. The van der Waals surface area contributed by atoms with Gasteiger partial charge in [0.1, 0.15) is 23.0 Å². The highest BCUT2D eigenvalue weighted by Gasteiger charge is 2.22. The number of carbonyl (C=O) groups is 3. The molecule has 0 aliphatic heterocycles. The second kappa shape index (κ2) is 14.1. The van der Waals surface area contributed by atoms with Gasteiger partial charge in [-0.1, -0.05) is 63.2 Å². The summed E-state index contributed by atoms with van der Waals surface area (Å²) in [5.41, 5.74) is 5.35. The van der Waals surface area contributed by atoms with Crippen LogP contribution in [0.25, 0.3) is 22.2 Å². The van der Waals surface area contributed by atoms with Gasteiger partial charge >= 0.3 is 6.16 Å². The van der Waals surface area contributed by atoms with Gasteiger partial charge in [-0.3, -0.25) is 9.59 Å². The van der Waals surface area contributed by atoms with Gasteiger partial charge in [-0.2, -0.15) is 0 Å². The molecule has 1 atom stereocenters. The molecule has 0 fully saturated rings. The van der Waals surface area contributed by atoms with Crippen molar-refractivity contribution >= 4 is 28.9 Å². The summed E-state index contributed by atoms with van der Waals surface area (Å²) in [6.45, 7) is 15.9. The van der Waals surface area contributed by atoms with Crippen LogP contribution in [0.1, 0.15) is 82.2 Å². The molecule has 0 bridgehead atoms. The second-order valence-corrected chi connectivity index (χ2v) is 13.0. The number of para-hydroxylation sites is 1. The summed E-state index contributed by atoms with van der Waals surface area (Å²) in [4.78, 5) is 42.6. The molecule has 8 heteroatoms. The summed E-state index contributed by atoms with van der Waals surface area (Å²) in [6.07, 6.45) is 0.992. The lowest BCUT2D eigenvalue weighted by molar-refractivity contribution is -0.121. The maximum absolute atomic E-state index is 13.2. The number of benzene rings is 3. The number of fused-ring (bicyclic) bond motifs is 1. The predicted molar refractivity (Wildman–Crippen MR) is 178 cm³/mol. The highest BCUT2D eigenvalue weighted by molar-refractivity contribution is 5.98. The van der Waals surface area contributed by atoms with Gasteiger partial charge in [0.05, 0.1) is 11.0 Å². The monoisotopic (exact) mass is 611 g/mol. The molecule has 0 aliphatic rings. The summed E-state index contributed by atoms with van der Waals surface area (Å²) in [5.74, 6) is 1.18. The molecule has 8 nitrogen and oxygen atoms in total. The van der Waals surface area contributed by atoms with Crippen molar-refractivity contribution in [3.05, 3.63) is 83.2 Å². The fourth-order valence-electron chi connectivity index (χ4n) is 5.44. The molecule has 45 heavy (non-hydrogen) atoms. The van der Waals surface area contributed by atoms with Crippen molar-refractivity contribution in [2.24, 2.45) is 11.8 Å². The molecule has 1 amide bonds. The Morgan fingerprint density at radius 3 is 2.31 bits per heavy atom. The summed E-state index contributed by atoms with van der Waals surface area (Å²) >= 11 is 0. The van der Waals surface area contributed by atoms with Gasteiger partial charge in [0.2, 0.25) is 0 Å². The minimum Gasteiger partial charge on any atom is -0.428 e. The van der Waals surface area contributed by atoms with E-state index >= 15 is 0 Å². The molecule has 0 radical (unpaired) electrons. The van der Waals surface area contributed by atoms with Crippen LogP contribution in [0.15, 0.2) is 60.7 Å². The first-order chi connectivity index (χ1) is 21.3. The lowest BCUT2D eigenvalue weighted by Crippen LogP contribution is -2.34. The van der Waals surface area contributed by atoms with Crippen molar-refractivity contribution in [3.8, 4) is 16.9 Å². The number of imidazole rings is 1. The smallest absolute Gasteiger partial charge is 0.428 e. The third-order valence-corrected chi connectivity index (χ3v) is 7.74. The van der Waals surface area contributed by atoms with E-state index in [0.29, 0.717) is 24.4 Å². The molecule has 1 unspecified atom stereocenters. The topological polar surface area (TPSA) is 99.5 Å². The summed E-state index contributed by atoms with van der Waals surface area (Å²) in [5, 5.41) is 2.98. The van der Waals surface area contributed by atoms with E-state index in [0.717, 1.165) is 52.0 Å². The molecule has 238 valence electrons. The predicted octanol–water partition coefficient (Wildman–Crippen LogP) is 7.92. The normalized spacial score (nSPS) is 12.3. The molecular weight excluding hydrogens is 566 g/mol. The largest absolute Gasteiger partial charge is 0.514 e. The van der Waals surface area contributed by atoms with Crippen molar-refractivity contribution in [1.29, 1.82) is 0 Å². The Morgan fingerprint density at radius 1 is 1.00 bits per heavy atom. The highest BCUT2D eigenvalue weighted by Crippen LogP contribution is 2.31. The molecular formula is C37H45N3O5. The molecule has 1 heterocycles. The number of aryl methyl sites for hydroxylation is 2. The highest BCUT2D eigenvalue weighted by atomic mass is 16.7. The number of ether oxygens (including phenoxy) is 2. The number of rotatable bonds is 11. The van der Waals surface area contributed by atoms with Crippen LogP contribution in [0.5, 0.6) is 5.75 Å². The van der Waals surface area contributed by atoms with Gasteiger partial charge in [0.15, 0.2) is 0 Å². The van der Waals surface area contributed by atoms with Crippen molar-refractivity contribution in [3.63, 3.8) is 0 Å². The van der Waals surface area contributed by atoms with Crippen molar-refractivity contribution in [2.45, 2.75) is 80.4 Å². The summed E-state index contributed by atoms with van der Waals surface area (Å²) in [6, 6.07) is 19.3. The average molecular weight is 612 g/mol. The van der Waals surface area contributed by atoms with Crippen LogP contribution in [0.2, 0.25) is 0 Å². The van der Waals surface area contributed by atoms with E-state index in [4.69, 9.17) is 14.5 Å². The van der Waals surface area contributed by atoms with Crippen LogP contribution in [-0.4, -0.2) is 39.5 Å². The number of nitrogens with zero attached hydrogens (tertiary/aromatic N) is 2. The van der Waals surface area contributed by atoms with E-state index in [9.17, 15) is 14.4 Å². The van der Waals surface area contributed by atoms with Gasteiger partial charge in [-0.25, -0.2) is 9.78 Å². The van der Waals surface area contributed by atoms with Crippen molar-refractivity contribution in [1.82, 2.24) is 14.9 Å². The average Bonchev–Trinajstić information content (AvgIpc) is 3.30. The number of hydrogen-bond acceptors (Lipinski definition) is 6. The van der Waals surface area contributed by atoms with Crippen LogP contribution in [0.4, 0.5) is 4.79 Å². The zero-order chi connectivity index (χ0) is 32.9. The molecule has 0 aliphatic carbocycles. The van der Waals surface area contributed by atoms with Gasteiger partial charge in [0.25, 0.3) is 5.91 Å². The first kappa shape index (κ1) is 33.4. The molecule has 4 rings (SSSR count). The Kier molecular flexibility index (Phi) is 10.5. The van der Waals surface area contributed by atoms with Crippen LogP contribution < -0.4 is 10.1 Å². The number of aromatic nitrogens is 2. The van der Waals surface area contributed by atoms with Crippen molar-refractivity contribution < 1.29 is 23.9 Å². The Labute approximate surface area is 266 Å². The van der Waals surface area contributed by atoms with Gasteiger partial charge in [-0.05, 0) is 81.8 Å². The fraction of sp³-hybridized carbons (Fsp3) is 0.405. The number of Topliss-reactive ketones (excluding diaryl/α,β-unsaturated/α-hetero) is 1. The number of nitrogens with one attached hydrogen (secondary N) is 1. The summed E-state index contributed by atoms with van der Waals surface area (Å²) < 4.78 is 13.1. The third-order valence-electron chi connectivity index (χ3n) is 7.74. The van der Waals surface area contributed by atoms with Crippen LogP contribution >= 0.6 is 0 Å².